The zero-order valence-corrected chi connectivity index (χ0v) is 20.0. The largest absolute Gasteiger partial charge is 0.349 e. The minimum absolute atomic E-state index is 0. The maximum atomic E-state index is 6.06. The van der Waals surface area contributed by atoms with Crippen LogP contribution in [-0.2, 0) is 26.7 Å². The molecule has 9 heteroatoms. The molecule has 28 heavy (non-hydrogen) atoms. The number of benzene rings is 1. The molecule has 0 saturated heterocycles. The Morgan fingerprint density at radius 1 is 1.21 bits per heavy atom. The Kier molecular flexibility index (Phi) is 8.71. The Morgan fingerprint density at radius 3 is 2.57 bits per heavy atom. The van der Waals surface area contributed by atoms with E-state index in [-0.39, 0.29) is 24.0 Å². The second-order valence-electron chi connectivity index (χ2n) is 6.26. The van der Waals surface area contributed by atoms with Crippen molar-refractivity contribution in [1.82, 2.24) is 25.0 Å². The van der Waals surface area contributed by atoms with Gasteiger partial charge in [0, 0.05) is 19.0 Å². The number of nitrogens with zero attached hydrogens (tertiary/aromatic N) is 5. The maximum absolute atomic E-state index is 6.06. The molecule has 3 aromatic rings. The van der Waals surface area contributed by atoms with Crippen LogP contribution in [0.1, 0.15) is 22.1 Å². The lowest BCUT2D eigenvalue weighted by Crippen LogP contribution is -2.38. The number of aromatic nitrogens is 3. The van der Waals surface area contributed by atoms with Crippen LogP contribution >= 0.6 is 46.9 Å². The van der Waals surface area contributed by atoms with Gasteiger partial charge in [-0.1, -0.05) is 41.9 Å². The summed E-state index contributed by atoms with van der Waals surface area (Å²) in [6.07, 6.45) is 0. The van der Waals surface area contributed by atoms with Gasteiger partial charge in [-0.05, 0) is 24.6 Å². The van der Waals surface area contributed by atoms with Gasteiger partial charge in [0.15, 0.2) is 11.8 Å². The average Bonchev–Trinajstić information content (AvgIpc) is 3.22. The fraction of sp³-hybridized carbons (Fsp3) is 0.316. The lowest BCUT2D eigenvalue weighted by Gasteiger charge is -2.22. The van der Waals surface area contributed by atoms with E-state index in [4.69, 9.17) is 16.6 Å². The number of aryl methyl sites for hydroxylation is 1. The summed E-state index contributed by atoms with van der Waals surface area (Å²) in [5.74, 6) is 2.56. The molecule has 0 saturated carbocycles. The molecule has 0 aliphatic rings. The van der Waals surface area contributed by atoms with E-state index in [1.807, 2.05) is 55.9 Å². The van der Waals surface area contributed by atoms with Crippen molar-refractivity contribution in [1.29, 1.82) is 0 Å². The van der Waals surface area contributed by atoms with E-state index in [2.05, 4.69) is 32.5 Å². The highest BCUT2D eigenvalue weighted by atomic mass is 127. The monoisotopic (exact) mass is 530 g/mol. The van der Waals surface area contributed by atoms with Gasteiger partial charge >= 0.3 is 0 Å². The summed E-state index contributed by atoms with van der Waals surface area (Å²) in [7, 11) is 3.98. The number of halogens is 2. The van der Waals surface area contributed by atoms with Crippen molar-refractivity contribution in [2.45, 2.75) is 26.6 Å². The molecule has 2 aromatic heterocycles. The molecule has 0 spiro atoms. The first-order chi connectivity index (χ1) is 13.0. The number of aliphatic imine (C=N–C) groups is 1. The van der Waals surface area contributed by atoms with Crippen molar-refractivity contribution < 1.29 is 0 Å². The maximum Gasteiger partial charge on any atom is 0.194 e. The van der Waals surface area contributed by atoms with E-state index < -0.39 is 0 Å². The van der Waals surface area contributed by atoms with Gasteiger partial charge in [-0.3, -0.25) is 0 Å². The van der Waals surface area contributed by atoms with Crippen LogP contribution in [0.4, 0.5) is 0 Å². The van der Waals surface area contributed by atoms with Gasteiger partial charge in [0.2, 0.25) is 0 Å². The first-order valence-corrected chi connectivity index (χ1v) is 9.85. The van der Waals surface area contributed by atoms with Gasteiger partial charge in [-0.15, -0.1) is 45.5 Å². The van der Waals surface area contributed by atoms with Gasteiger partial charge in [-0.25, -0.2) is 4.99 Å². The van der Waals surface area contributed by atoms with E-state index in [1.165, 1.54) is 10.4 Å². The second kappa shape index (κ2) is 10.8. The zero-order chi connectivity index (χ0) is 19.2. The third-order valence-electron chi connectivity index (χ3n) is 4.23. The molecule has 0 aliphatic carbocycles. The molecule has 6 nitrogen and oxygen atoms in total. The lowest BCUT2D eigenvalue weighted by atomic mass is 10.2. The molecular formula is C19H24ClIN6S. The molecular weight excluding hydrogens is 507 g/mol. The summed E-state index contributed by atoms with van der Waals surface area (Å²) in [5, 5.41) is 11.7. The molecule has 0 radical (unpaired) electrons. The third-order valence-corrected chi connectivity index (χ3v) is 5.44. The predicted octanol–water partition coefficient (Wildman–Crippen LogP) is 4.23. The fourth-order valence-electron chi connectivity index (χ4n) is 2.57. The molecule has 0 aliphatic heterocycles. The van der Waals surface area contributed by atoms with Crippen molar-refractivity contribution in [3.8, 4) is 0 Å². The highest BCUT2D eigenvalue weighted by molar-refractivity contribution is 14.0. The van der Waals surface area contributed by atoms with Gasteiger partial charge < -0.3 is 14.8 Å². The van der Waals surface area contributed by atoms with E-state index in [1.54, 1.807) is 11.3 Å². The van der Waals surface area contributed by atoms with Gasteiger partial charge in [0.25, 0.3) is 0 Å². The minimum atomic E-state index is 0. The summed E-state index contributed by atoms with van der Waals surface area (Å²) in [4.78, 5) is 8.07. The minimum Gasteiger partial charge on any atom is -0.349 e. The van der Waals surface area contributed by atoms with Gasteiger partial charge in [0.1, 0.15) is 5.82 Å². The van der Waals surface area contributed by atoms with Gasteiger partial charge in [0.05, 0.1) is 24.0 Å². The smallest absolute Gasteiger partial charge is 0.194 e. The molecule has 0 fully saturated rings. The first-order valence-electron chi connectivity index (χ1n) is 8.65. The topological polar surface area (TPSA) is 58.3 Å². The number of hydrogen-bond acceptors (Lipinski definition) is 4. The standard InChI is InChI=1S/C19H23ClN6S.HI/c1-14-23-24-18(26(14)3)12-22-19(21-11-15-7-5-4-6-8-15)25(2)13-16-9-10-17(20)27-16;/h4-10H,11-13H2,1-3H3,(H,21,22);1H. The molecule has 3 rings (SSSR count). The molecule has 1 aromatic carbocycles. The summed E-state index contributed by atoms with van der Waals surface area (Å²) >= 11 is 7.64. The molecule has 150 valence electrons. The SMILES string of the molecule is Cc1nnc(CNC(=NCc2ccccc2)N(C)Cc2ccc(Cl)s2)n1C.I. The third kappa shape index (κ3) is 6.18. The van der Waals surface area contributed by atoms with Crippen LogP contribution in [0.5, 0.6) is 0 Å². The van der Waals surface area contributed by atoms with Crippen LogP contribution in [0.15, 0.2) is 47.5 Å². The quantitative estimate of drug-likeness (QED) is 0.294. The molecule has 2 heterocycles. The first kappa shape index (κ1) is 22.6. The zero-order valence-electron chi connectivity index (χ0n) is 16.1. The Bertz CT molecular complexity index is 908. The van der Waals surface area contributed by atoms with Crippen molar-refractivity contribution in [2.24, 2.45) is 12.0 Å². The second-order valence-corrected chi connectivity index (χ2v) is 8.06. The summed E-state index contributed by atoms with van der Waals surface area (Å²) in [6.45, 7) is 3.83. The normalized spacial score (nSPS) is 11.2. The Hall–Kier alpha value is -1.65. The number of guanidine groups is 1. The van der Waals surface area contributed by atoms with Crippen LogP contribution < -0.4 is 5.32 Å². The number of rotatable bonds is 6. The highest BCUT2D eigenvalue weighted by Gasteiger charge is 2.11. The molecule has 1 N–H and O–H groups in total. The summed E-state index contributed by atoms with van der Waals surface area (Å²) in [6, 6.07) is 14.2. The lowest BCUT2D eigenvalue weighted by molar-refractivity contribution is 0.476. The molecule has 0 unspecified atom stereocenters. The number of nitrogens with one attached hydrogen (secondary N) is 1. The van der Waals surface area contributed by atoms with Crippen LogP contribution in [0.3, 0.4) is 0 Å². The van der Waals surface area contributed by atoms with Crippen molar-refractivity contribution in [2.75, 3.05) is 7.05 Å². The van der Waals surface area contributed by atoms with Crippen LogP contribution in [0.25, 0.3) is 0 Å². The summed E-state index contributed by atoms with van der Waals surface area (Å²) < 4.78 is 2.77. The number of hydrogen-bond donors (Lipinski definition) is 1. The Labute approximate surface area is 191 Å². The Balaban J connectivity index is 0.00000280. The highest BCUT2D eigenvalue weighted by Crippen LogP contribution is 2.22. The van der Waals surface area contributed by atoms with Crippen LogP contribution in [0.2, 0.25) is 4.34 Å². The summed E-state index contributed by atoms with van der Waals surface area (Å²) in [5.41, 5.74) is 1.17. The average molecular weight is 531 g/mol. The van der Waals surface area contributed by atoms with E-state index in [0.29, 0.717) is 13.1 Å². The fourth-order valence-corrected chi connectivity index (χ4v) is 3.71. The van der Waals surface area contributed by atoms with E-state index >= 15 is 0 Å². The van der Waals surface area contributed by atoms with E-state index in [0.717, 1.165) is 28.5 Å². The number of thiophene rings is 1. The van der Waals surface area contributed by atoms with Crippen molar-refractivity contribution in [3.63, 3.8) is 0 Å². The van der Waals surface area contributed by atoms with Crippen LogP contribution in [0, 0.1) is 6.92 Å². The molecule has 0 amide bonds. The van der Waals surface area contributed by atoms with Crippen LogP contribution in [-0.4, -0.2) is 32.7 Å². The van der Waals surface area contributed by atoms with Crippen molar-refractivity contribution in [3.05, 3.63) is 68.9 Å². The van der Waals surface area contributed by atoms with Gasteiger partial charge in [-0.2, -0.15) is 0 Å². The molecule has 0 atom stereocenters. The molecule has 0 bridgehead atoms. The Morgan fingerprint density at radius 2 is 1.96 bits per heavy atom. The predicted molar refractivity (Wildman–Crippen MR) is 126 cm³/mol. The van der Waals surface area contributed by atoms with E-state index in [9.17, 15) is 0 Å². The van der Waals surface area contributed by atoms with Crippen molar-refractivity contribution >= 4 is 52.9 Å².